The molecule has 1 aliphatic rings. The van der Waals surface area contributed by atoms with Gasteiger partial charge in [-0.25, -0.2) is 0 Å². The Morgan fingerprint density at radius 2 is 2.33 bits per heavy atom. The van der Waals surface area contributed by atoms with Crippen molar-refractivity contribution in [1.29, 1.82) is 5.26 Å². The molecule has 0 saturated carbocycles. The van der Waals surface area contributed by atoms with Gasteiger partial charge in [0, 0.05) is 31.1 Å². The van der Waals surface area contributed by atoms with E-state index in [1.54, 1.807) is 0 Å². The van der Waals surface area contributed by atoms with Crippen LogP contribution in [0, 0.1) is 17.2 Å². The Labute approximate surface area is 108 Å². The van der Waals surface area contributed by atoms with Gasteiger partial charge in [0.25, 0.3) is 0 Å². The third-order valence-electron chi connectivity index (χ3n) is 3.58. The summed E-state index contributed by atoms with van der Waals surface area (Å²) in [6, 6.07) is 8.04. The van der Waals surface area contributed by atoms with Crippen molar-refractivity contribution < 1.29 is 5.11 Å². The number of hydrogen-bond acceptors (Lipinski definition) is 4. The van der Waals surface area contributed by atoms with Gasteiger partial charge in [0.2, 0.25) is 0 Å². The minimum absolute atomic E-state index is 0.264. The van der Waals surface area contributed by atoms with Crippen LogP contribution >= 0.6 is 0 Å². The van der Waals surface area contributed by atoms with Crippen LogP contribution in [-0.2, 0) is 6.42 Å². The fraction of sp³-hybridized carbons (Fsp3) is 0.500. The van der Waals surface area contributed by atoms with Gasteiger partial charge in [-0.2, -0.15) is 5.26 Å². The van der Waals surface area contributed by atoms with Gasteiger partial charge in [-0.1, -0.05) is 0 Å². The summed E-state index contributed by atoms with van der Waals surface area (Å²) in [5, 5.41) is 17.7. The van der Waals surface area contributed by atoms with E-state index in [1.165, 1.54) is 0 Å². The van der Waals surface area contributed by atoms with Crippen LogP contribution in [-0.4, -0.2) is 24.8 Å². The quantitative estimate of drug-likeness (QED) is 0.789. The average molecular weight is 245 g/mol. The lowest BCUT2D eigenvalue weighted by molar-refractivity contribution is 0.263. The molecule has 0 radical (unpaired) electrons. The first kappa shape index (κ1) is 12.7. The zero-order valence-electron chi connectivity index (χ0n) is 10.5. The molecular weight excluding hydrogens is 226 g/mol. The molecule has 1 unspecified atom stereocenters. The van der Waals surface area contributed by atoms with Crippen molar-refractivity contribution in [2.75, 3.05) is 30.3 Å². The molecule has 1 heterocycles. The predicted octanol–water partition coefficient (Wildman–Crippen LogP) is 1.54. The van der Waals surface area contributed by atoms with Crippen molar-refractivity contribution >= 4 is 11.4 Å². The van der Waals surface area contributed by atoms with E-state index in [0.717, 1.165) is 37.2 Å². The fourth-order valence-electron chi connectivity index (χ4n) is 2.51. The molecule has 1 aliphatic heterocycles. The lowest BCUT2D eigenvalue weighted by Crippen LogP contribution is -2.20. The summed E-state index contributed by atoms with van der Waals surface area (Å²) in [6.07, 6.45) is 2.35. The number of nitrogens with zero attached hydrogens (tertiary/aromatic N) is 2. The highest BCUT2D eigenvalue weighted by Gasteiger charge is 2.22. The largest absolute Gasteiger partial charge is 0.398 e. The summed E-state index contributed by atoms with van der Waals surface area (Å²) in [6.45, 7) is 2.26. The number of nitrogens with two attached hydrogens (primary N) is 1. The van der Waals surface area contributed by atoms with Gasteiger partial charge < -0.3 is 15.7 Å². The van der Waals surface area contributed by atoms with Gasteiger partial charge in [0.05, 0.1) is 12.5 Å². The number of hydrogen-bond donors (Lipinski definition) is 2. The SMILES string of the molecule is N#CCc1cc(N2CCC(CCO)C2)ccc1N. The zero-order chi connectivity index (χ0) is 13.0. The highest BCUT2D eigenvalue weighted by Crippen LogP contribution is 2.28. The van der Waals surface area contributed by atoms with E-state index in [-0.39, 0.29) is 6.61 Å². The highest BCUT2D eigenvalue weighted by molar-refractivity contribution is 5.59. The van der Waals surface area contributed by atoms with Gasteiger partial charge in [-0.15, -0.1) is 0 Å². The number of anilines is 2. The first-order valence-electron chi connectivity index (χ1n) is 6.35. The lowest BCUT2D eigenvalue weighted by Gasteiger charge is -2.20. The minimum atomic E-state index is 0.264. The van der Waals surface area contributed by atoms with Gasteiger partial charge in [-0.3, -0.25) is 0 Å². The molecule has 4 heteroatoms. The smallest absolute Gasteiger partial charge is 0.0670 e. The highest BCUT2D eigenvalue weighted by atomic mass is 16.3. The molecule has 0 spiro atoms. The van der Waals surface area contributed by atoms with Crippen LogP contribution in [0.2, 0.25) is 0 Å². The van der Waals surface area contributed by atoms with Crippen LogP contribution in [0.15, 0.2) is 18.2 Å². The average Bonchev–Trinajstić information content (AvgIpc) is 2.81. The molecule has 1 aromatic rings. The normalized spacial score (nSPS) is 18.9. The second-order valence-corrected chi connectivity index (χ2v) is 4.83. The summed E-state index contributed by atoms with van der Waals surface area (Å²) in [4.78, 5) is 2.31. The van der Waals surface area contributed by atoms with E-state index in [0.29, 0.717) is 18.0 Å². The third kappa shape index (κ3) is 2.74. The van der Waals surface area contributed by atoms with Gasteiger partial charge in [0.1, 0.15) is 0 Å². The molecule has 1 aromatic carbocycles. The number of aliphatic hydroxyl groups is 1. The Kier molecular flexibility index (Phi) is 4.06. The van der Waals surface area contributed by atoms with Crippen molar-refractivity contribution in [2.45, 2.75) is 19.3 Å². The molecular formula is C14H19N3O. The number of aliphatic hydroxyl groups excluding tert-OH is 1. The molecule has 0 aliphatic carbocycles. The Balaban J connectivity index is 2.10. The van der Waals surface area contributed by atoms with Gasteiger partial charge >= 0.3 is 0 Å². The van der Waals surface area contributed by atoms with Gasteiger partial charge in [0.15, 0.2) is 0 Å². The molecule has 0 aromatic heterocycles. The number of rotatable bonds is 4. The Morgan fingerprint density at radius 3 is 3.06 bits per heavy atom. The van der Waals surface area contributed by atoms with Crippen molar-refractivity contribution in [3.05, 3.63) is 23.8 Å². The van der Waals surface area contributed by atoms with E-state index in [1.807, 2.05) is 18.2 Å². The standard InChI is InChI=1S/C14H19N3O/c15-6-3-12-9-13(1-2-14(12)16)17-7-4-11(10-17)5-8-18/h1-2,9,11,18H,3-5,7-8,10,16H2. The van der Waals surface area contributed by atoms with E-state index >= 15 is 0 Å². The van der Waals surface area contributed by atoms with E-state index in [9.17, 15) is 0 Å². The van der Waals surface area contributed by atoms with Crippen LogP contribution in [0.3, 0.4) is 0 Å². The van der Waals surface area contributed by atoms with Crippen molar-refractivity contribution in [1.82, 2.24) is 0 Å². The molecule has 0 bridgehead atoms. The van der Waals surface area contributed by atoms with E-state index < -0.39 is 0 Å². The summed E-state index contributed by atoms with van der Waals surface area (Å²) in [7, 11) is 0. The number of nitriles is 1. The molecule has 1 saturated heterocycles. The maximum Gasteiger partial charge on any atom is 0.0670 e. The molecule has 3 N–H and O–H groups in total. The second-order valence-electron chi connectivity index (χ2n) is 4.83. The Bertz CT molecular complexity index is 453. The summed E-state index contributed by atoms with van der Waals surface area (Å²) < 4.78 is 0. The topological polar surface area (TPSA) is 73.3 Å². The van der Waals surface area contributed by atoms with Gasteiger partial charge in [-0.05, 0) is 42.5 Å². The molecule has 96 valence electrons. The van der Waals surface area contributed by atoms with Crippen molar-refractivity contribution in [3.8, 4) is 6.07 Å². The number of nitrogen functional groups attached to an aromatic ring is 1. The zero-order valence-corrected chi connectivity index (χ0v) is 10.5. The third-order valence-corrected chi connectivity index (χ3v) is 3.58. The second kappa shape index (κ2) is 5.74. The first-order chi connectivity index (χ1) is 8.74. The van der Waals surface area contributed by atoms with Crippen LogP contribution in [0.1, 0.15) is 18.4 Å². The molecule has 18 heavy (non-hydrogen) atoms. The minimum Gasteiger partial charge on any atom is -0.398 e. The molecule has 4 nitrogen and oxygen atoms in total. The molecule has 1 fully saturated rings. The summed E-state index contributed by atoms with van der Waals surface area (Å²) in [5.74, 6) is 0.576. The monoisotopic (exact) mass is 245 g/mol. The molecule has 0 amide bonds. The predicted molar refractivity (Wildman–Crippen MR) is 72.2 cm³/mol. The van der Waals surface area contributed by atoms with Crippen LogP contribution in [0.4, 0.5) is 11.4 Å². The van der Waals surface area contributed by atoms with Crippen LogP contribution < -0.4 is 10.6 Å². The maximum absolute atomic E-state index is 8.96. The first-order valence-corrected chi connectivity index (χ1v) is 6.35. The maximum atomic E-state index is 8.96. The van der Waals surface area contributed by atoms with E-state index in [4.69, 9.17) is 16.1 Å². The number of benzene rings is 1. The van der Waals surface area contributed by atoms with Crippen LogP contribution in [0.5, 0.6) is 0 Å². The van der Waals surface area contributed by atoms with Crippen molar-refractivity contribution in [2.24, 2.45) is 5.92 Å². The van der Waals surface area contributed by atoms with Crippen molar-refractivity contribution in [3.63, 3.8) is 0 Å². The Hall–Kier alpha value is -1.73. The lowest BCUT2D eigenvalue weighted by atomic mass is 10.1. The molecule has 1 atom stereocenters. The summed E-state index contributed by atoms with van der Waals surface area (Å²) >= 11 is 0. The Morgan fingerprint density at radius 1 is 1.50 bits per heavy atom. The summed E-state index contributed by atoms with van der Waals surface area (Å²) in [5.41, 5.74) is 8.57. The van der Waals surface area contributed by atoms with E-state index in [2.05, 4.69) is 11.0 Å². The fourth-order valence-corrected chi connectivity index (χ4v) is 2.51. The molecule has 2 rings (SSSR count). The van der Waals surface area contributed by atoms with Crippen LogP contribution in [0.25, 0.3) is 0 Å².